The quantitative estimate of drug-likeness (QED) is 0.470. The molecule has 150 valence electrons. The van der Waals surface area contributed by atoms with Crippen LogP contribution in [0, 0.1) is 0 Å². The number of anilines is 1. The summed E-state index contributed by atoms with van der Waals surface area (Å²) >= 11 is 11.7. The Balaban J connectivity index is 1.66. The highest BCUT2D eigenvalue weighted by atomic mass is 35.5. The van der Waals surface area contributed by atoms with Gasteiger partial charge in [0.15, 0.2) is 11.5 Å². The summed E-state index contributed by atoms with van der Waals surface area (Å²) in [6.07, 6.45) is 1.66. The van der Waals surface area contributed by atoms with Crippen molar-refractivity contribution in [2.24, 2.45) is 0 Å². The number of hydrogen-bond donors (Lipinski definition) is 2. The van der Waals surface area contributed by atoms with Gasteiger partial charge in [-0.25, -0.2) is 9.78 Å². The monoisotopic (exact) mass is 432 g/mol. The molecular weight excluding hydrogens is 415 g/mol. The van der Waals surface area contributed by atoms with Crippen molar-refractivity contribution in [2.45, 2.75) is 13.2 Å². The molecule has 0 bridgehead atoms. The molecule has 1 aromatic heterocycles. The smallest absolute Gasteiger partial charge is 0.337 e. The minimum Gasteiger partial charge on any atom is -0.493 e. The Morgan fingerprint density at radius 2 is 1.86 bits per heavy atom. The number of aromatic carboxylic acids is 1. The van der Waals surface area contributed by atoms with E-state index in [0.29, 0.717) is 35.5 Å². The van der Waals surface area contributed by atoms with Gasteiger partial charge < -0.3 is 19.9 Å². The molecule has 29 heavy (non-hydrogen) atoms. The number of rotatable bonds is 8. The maximum Gasteiger partial charge on any atom is 0.337 e. The van der Waals surface area contributed by atoms with Crippen molar-refractivity contribution in [3.63, 3.8) is 0 Å². The largest absolute Gasteiger partial charge is 0.493 e. The Morgan fingerprint density at radius 3 is 2.55 bits per heavy atom. The average Bonchev–Trinajstić information content (AvgIpc) is 2.72. The molecule has 0 aliphatic rings. The van der Waals surface area contributed by atoms with E-state index in [0.717, 1.165) is 11.1 Å². The molecule has 2 N–H and O–H groups in total. The van der Waals surface area contributed by atoms with Gasteiger partial charge in [0.2, 0.25) is 0 Å². The molecule has 0 spiro atoms. The number of ether oxygens (including phenoxy) is 2. The van der Waals surface area contributed by atoms with E-state index in [1.54, 1.807) is 31.5 Å². The van der Waals surface area contributed by atoms with Crippen LogP contribution in [0.2, 0.25) is 10.2 Å². The summed E-state index contributed by atoms with van der Waals surface area (Å²) in [6.45, 7) is 0.805. The zero-order valence-corrected chi connectivity index (χ0v) is 17.0. The van der Waals surface area contributed by atoms with Crippen LogP contribution in [0.15, 0.2) is 54.7 Å². The number of nitrogens with one attached hydrogen (secondary N) is 1. The molecule has 0 radical (unpaired) electrons. The van der Waals surface area contributed by atoms with E-state index in [-0.39, 0.29) is 10.6 Å². The minimum absolute atomic E-state index is 0.0506. The lowest BCUT2D eigenvalue weighted by molar-refractivity contribution is 0.0697. The second kappa shape index (κ2) is 9.49. The van der Waals surface area contributed by atoms with Gasteiger partial charge in [-0.2, -0.15) is 0 Å². The molecule has 2 aromatic carbocycles. The van der Waals surface area contributed by atoms with E-state index in [4.69, 9.17) is 37.8 Å². The van der Waals surface area contributed by atoms with E-state index >= 15 is 0 Å². The Morgan fingerprint density at radius 1 is 1.07 bits per heavy atom. The van der Waals surface area contributed by atoms with Crippen LogP contribution in [0.25, 0.3) is 0 Å². The fourth-order valence-corrected chi connectivity index (χ4v) is 2.91. The van der Waals surface area contributed by atoms with Crippen molar-refractivity contribution in [2.75, 3.05) is 12.4 Å². The van der Waals surface area contributed by atoms with Gasteiger partial charge in [0.05, 0.1) is 17.7 Å². The number of methoxy groups -OCH3 is 1. The van der Waals surface area contributed by atoms with Crippen LogP contribution in [0.3, 0.4) is 0 Å². The summed E-state index contributed by atoms with van der Waals surface area (Å²) in [5.41, 5.74) is 2.53. The number of carbonyl (C=O) groups is 1. The Hall–Kier alpha value is -2.96. The second-order valence-electron chi connectivity index (χ2n) is 6.12. The van der Waals surface area contributed by atoms with Gasteiger partial charge in [-0.1, -0.05) is 35.3 Å². The van der Waals surface area contributed by atoms with Crippen molar-refractivity contribution in [3.05, 3.63) is 81.6 Å². The topological polar surface area (TPSA) is 80.7 Å². The Kier molecular flexibility index (Phi) is 6.80. The van der Waals surface area contributed by atoms with Crippen molar-refractivity contribution < 1.29 is 19.4 Å². The van der Waals surface area contributed by atoms with Crippen molar-refractivity contribution in [1.29, 1.82) is 0 Å². The number of carboxylic acid groups (broad SMARTS) is 1. The highest BCUT2D eigenvalue weighted by Gasteiger charge is 2.10. The van der Waals surface area contributed by atoms with Crippen LogP contribution in [0.5, 0.6) is 11.5 Å². The summed E-state index contributed by atoms with van der Waals surface area (Å²) in [5, 5.41) is 13.0. The lowest BCUT2D eigenvalue weighted by atomic mass is 10.1. The number of hydrogen-bond acceptors (Lipinski definition) is 5. The molecule has 0 unspecified atom stereocenters. The van der Waals surface area contributed by atoms with Crippen LogP contribution in [0.4, 0.5) is 5.69 Å². The minimum atomic E-state index is -1.07. The number of nitrogens with zero attached hydrogens (tertiary/aromatic N) is 1. The number of pyridine rings is 1. The fourth-order valence-electron chi connectivity index (χ4n) is 2.60. The number of halogens is 2. The van der Waals surface area contributed by atoms with Crippen LogP contribution in [-0.2, 0) is 13.2 Å². The zero-order chi connectivity index (χ0) is 20.8. The molecule has 0 amide bonds. The van der Waals surface area contributed by atoms with Gasteiger partial charge in [0, 0.05) is 24.0 Å². The highest BCUT2D eigenvalue weighted by Crippen LogP contribution is 2.29. The van der Waals surface area contributed by atoms with Crippen molar-refractivity contribution in [1.82, 2.24) is 4.98 Å². The van der Waals surface area contributed by atoms with Crippen molar-refractivity contribution in [3.8, 4) is 11.5 Å². The second-order valence-corrected chi connectivity index (χ2v) is 6.91. The average molecular weight is 433 g/mol. The first-order valence-electron chi connectivity index (χ1n) is 8.63. The maximum atomic E-state index is 11.2. The van der Waals surface area contributed by atoms with E-state index in [2.05, 4.69) is 10.3 Å². The van der Waals surface area contributed by atoms with E-state index in [9.17, 15) is 4.79 Å². The number of aromatic nitrogens is 1. The third-order valence-corrected chi connectivity index (χ3v) is 4.66. The Bertz CT molecular complexity index is 1010. The first-order valence-corrected chi connectivity index (χ1v) is 9.38. The third-order valence-electron chi connectivity index (χ3n) is 4.10. The molecule has 3 rings (SSSR count). The summed E-state index contributed by atoms with van der Waals surface area (Å²) < 4.78 is 11.2. The van der Waals surface area contributed by atoms with Gasteiger partial charge in [0.1, 0.15) is 11.8 Å². The standard InChI is InChI=1S/C21H18Cl2N2O4/c1-28-19-8-13(10-24-15-4-5-17(22)16(9-15)21(26)27)2-6-18(19)29-12-14-3-7-20(23)25-11-14/h2-9,11,24H,10,12H2,1H3,(H,26,27). The van der Waals surface area contributed by atoms with Crippen LogP contribution >= 0.6 is 23.2 Å². The summed E-state index contributed by atoms with van der Waals surface area (Å²) in [7, 11) is 1.57. The van der Waals surface area contributed by atoms with Crippen LogP contribution in [-0.4, -0.2) is 23.2 Å². The molecule has 0 fully saturated rings. The fraction of sp³-hybridized carbons (Fsp3) is 0.143. The molecule has 0 saturated carbocycles. The van der Waals surface area contributed by atoms with E-state index < -0.39 is 5.97 Å². The predicted octanol–water partition coefficient (Wildman–Crippen LogP) is 5.29. The molecule has 0 aliphatic heterocycles. The molecule has 8 heteroatoms. The zero-order valence-electron chi connectivity index (χ0n) is 15.5. The van der Waals surface area contributed by atoms with Gasteiger partial charge in [-0.3, -0.25) is 0 Å². The summed E-state index contributed by atoms with van der Waals surface area (Å²) in [4.78, 5) is 15.2. The first kappa shape index (κ1) is 20.8. The van der Waals surface area contributed by atoms with Gasteiger partial charge in [0.25, 0.3) is 0 Å². The molecule has 0 atom stereocenters. The van der Waals surface area contributed by atoms with E-state index in [1.807, 2.05) is 24.3 Å². The normalized spacial score (nSPS) is 10.4. The Labute approximate surface area is 178 Å². The highest BCUT2D eigenvalue weighted by molar-refractivity contribution is 6.33. The maximum absolute atomic E-state index is 11.2. The van der Waals surface area contributed by atoms with Gasteiger partial charge >= 0.3 is 5.97 Å². The molecule has 1 heterocycles. The number of benzene rings is 2. The molecular formula is C21H18Cl2N2O4. The van der Waals surface area contributed by atoms with Crippen LogP contribution < -0.4 is 14.8 Å². The predicted molar refractivity (Wildman–Crippen MR) is 112 cm³/mol. The number of carboxylic acids is 1. The van der Waals surface area contributed by atoms with Crippen LogP contribution in [0.1, 0.15) is 21.5 Å². The molecule has 3 aromatic rings. The molecule has 0 saturated heterocycles. The van der Waals surface area contributed by atoms with Gasteiger partial charge in [-0.15, -0.1) is 0 Å². The summed E-state index contributed by atoms with van der Waals surface area (Å²) in [6, 6.07) is 13.9. The summed E-state index contributed by atoms with van der Waals surface area (Å²) in [5.74, 6) is 0.122. The lowest BCUT2D eigenvalue weighted by Crippen LogP contribution is -2.04. The first-order chi connectivity index (χ1) is 14.0. The van der Waals surface area contributed by atoms with Gasteiger partial charge in [-0.05, 0) is 42.0 Å². The SMILES string of the molecule is COc1cc(CNc2ccc(Cl)c(C(=O)O)c2)ccc1OCc1ccc(Cl)nc1. The molecule has 6 nitrogen and oxygen atoms in total. The molecule has 0 aliphatic carbocycles. The third kappa shape index (κ3) is 5.53. The lowest BCUT2D eigenvalue weighted by Gasteiger charge is -2.13. The van der Waals surface area contributed by atoms with E-state index in [1.165, 1.54) is 6.07 Å². The van der Waals surface area contributed by atoms with Crippen molar-refractivity contribution >= 4 is 34.9 Å².